The van der Waals surface area contributed by atoms with Crippen LogP contribution in [0.5, 0.6) is 0 Å². The van der Waals surface area contributed by atoms with Crippen LogP contribution in [0.4, 0.5) is 20.4 Å². The van der Waals surface area contributed by atoms with Crippen LogP contribution in [0.3, 0.4) is 0 Å². The zero-order chi connectivity index (χ0) is 14.2. The summed E-state index contributed by atoms with van der Waals surface area (Å²) in [4.78, 5) is 17.1. The molecule has 0 aliphatic heterocycles. The normalized spacial score (nSPS) is 10.5. The van der Waals surface area contributed by atoms with E-state index in [1.54, 1.807) is 0 Å². The molecule has 2 N–H and O–H groups in total. The Kier molecular flexibility index (Phi) is 3.07. The van der Waals surface area contributed by atoms with Crippen molar-refractivity contribution >= 4 is 11.6 Å². The fourth-order valence-corrected chi connectivity index (χ4v) is 1.58. The number of halogens is 2. The second-order valence-electron chi connectivity index (χ2n) is 3.77. The highest BCUT2D eigenvalue weighted by Crippen LogP contribution is 2.32. The molecule has 0 fully saturated rings. The summed E-state index contributed by atoms with van der Waals surface area (Å²) in [6, 6.07) is 2.24. The third kappa shape index (κ3) is 2.19. The second kappa shape index (κ2) is 4.56. The number of benzene rings is 1. The highest BCUT2D eigenvalue weighted by atomic mass is 19.1. The monoisotopic (exact) mass is 266 g/mol. The van der Waals surface area contributed by atoms with E-state index in [2.05, 4.69) is 9.97 Å². The van der Waals surface area contributed by atoms with Crippen LogP contribution in [-0.2, 0) is 0 Å². The van der Waals surface area contributed by atoms with Gasteiger partial charge in [-0.1, -0.05) is 6.07 Å². The maximum atomic E-state index is 14.0. The molecule has 1 aromatic carbocycles. The number of nitro groups is 1. The maximum absolute atomic E-state index is 14.0. The quantitative estimate of drug-likeness (QED) is 0.664. The van der Waals surface area contributed by atoms with Gasteiger partial charge in [-0.25, -0.2) is 18.7 Å². The highest BCUT2D eigenvalue weighted by Gasteiger charge is 2.25. The number of hydrogen-bond acceptors (Lipinski definition) is 5. The lowest BCUT2D eigenvalue weighted by atomic mass is 10.1. The van der Waals surface area contributed by atoms with Crippen molar-refractivity contribution in [3.8, 4) is 11.3 Å². The molecule has 0 spiro atoms. The van der Waals surface area contributed by atoms with Gasteiger partial charge in [0.2, 0.25) is 5.95 Å². The predicted molar refractivity (Wildman–Crippen MR) is 63.2 cm³/mol. The van der Waals surface area contributed by atoms with Gasteiger partial charge >= 0.3 is 5.69 Å². The van der Waals surface area contributed by atoms with Crippen LogP contribution in [0.25, 0.3) is 11.3 Å². The highest BCUT2D eigenvalue weighted by molar-refractivity contribution is 5.71. The molecule has 0 atom stereocenters. The lowest BCUT2D eigenvalue weighted by Crippen LogP contribution is -2.04. The average Bonchev–Trinajstić information content (AvgIpc) is 2.34. The van der Waals surface area contributed by atoms with Gasteiger partial charge in [0.25, 0.3) is 0 Å². The Morgan fingerprint density at radius 1 is 1.37 bits per heavy atom. The molecular formula is C11H8F2N4O2. The standard InChI is InChI=1S/C11H8F2N4O2/c1-5-2-3-6(12)8(9(5)13)10-7(17(18)19)4-15-11(14)16-10/h2-4H,1H3,(H2,14,15,16). The minimum atomic E-state index is -0.954. The molecule has 0 amide bonds. The van der Waals surface area contributed by atoms with E-state index in [0.29, 0.717) is 0 Å². The third-order valence-corrected chi connectivity index (χ3v) is 2.51. The lowest BCUT2D eigenvalue weighted by molar-refractivity contribution is -0.384. The largest absolute Gasteiger partial charge is 0.368 e. The van der Waals surface area contributed by atoms with E-state index in [0.717, 1.165) is 12.3 Å². The minimum absolute atomic E-state index is 0.142. The van der Waals surface area contributed by atoms with E-state index in [9.17, 15) is 18.9 Å². The van der Waals surface area contributed by atoms with Gasteiger partial charge in [0.05, 0.1) is 10.5 Å². The number of nitrogens with zero attached hydrogens (tertiary/aromatic N) is 3. The average molecular weight is 266 g/mol. The molecule has 1 aromatic heterocycles. The van der Waals surface area contributed by atoms with Gasteiger partial charge in [-0.05, 0) is 18.6 Å². The number of anilines is 1. The lowest BCUT2D eigenvalue weighted by Gasteiger charge is -2.07. The topological polar surface area (TPSA) is 94.9 Å². The fourth-order valence-electron chi connectivity index (χ4n) is 1.58. The van der Waals surface area contributed by atoms with E-state index in [4.69, 9.17) is 5.73 Å². The second-order valence-corrected chi connectivity index (χ2v) is 3.77. The smallest absolute Gasteiger partial charge is 0.314 e. The van der Waals surface area contributed by atoms with Crippen LogP contribution >= 0.6 is 0 Å². The number of nitrogens with two attached hydrogens (primary N) is 1. The number of hydrogen-bond donors (Lipinski definition) is 1. The number of aromatic nitrogens is 2. The first-order valence-electron chi connectivity index (χ1n) is 5.13. The molecule has 1 heterocycles. The number of rotatable bonds is 2. The van der Waals surface area contributed by atoms with Gasteiger partial charge in [-0.3, -0.25) is 10.1 Å². The van der Waals surface area contributed by atoms with Crippen LogP contribution in [0.1, 0.15) is 5.56 Å². The van der Waals surface area contributed by atoms with Crippen molar-refractivity contribution in [2.75, 3.05) is 5.73 Å². The zero-order valence-electron chi connectivity index (χ0n) is 9.72. The van der Waals surface area contributed by atoms with Crippen molar-refractivity contribution in [1.29, 1.82) is 0 Å². The summed E-state index contributed by atoms with van der Waals surface area (Å²) in [6.07, 6.45) is 0.818. The third-order valence-electron chi connectivity index (χ3n) is 2.51. The van der Waals surface area contributed by atoms with Gasteiger partial charge in [0.1, 0.15) is 17.8 Å². The molecule has 0 saturated carbocycles. The van der Waals surface area contributed by atoms with E-state index < -0.39 is 33.5 Å². The molecule has 0 aliphatic rings. The first-order chi connectivity index (χ1) is 8.91. The molecule has 98 valence electrons. The van der Waals surface area contributed by atoms with Crippen molar-refractivity contribution in [2.45, 2.75) is 6.92 Å². The van der Waals surface area contributed by atoms with Gasteiger partial charge < -0.3 is 5.73 Å². The van der Waals surface area contributed by atoms with Crippen LogP contribution < -0.4 is 5.73 Å². The SMILES string of the molecule is Cc1ccc(F)c(-c2nc(N)ncc2[N+](=O)[O-])c1F. The van der Waals surface area contributed by atoms with Gasteiger partial charge in [0.15, 0.2) is 5.69 Å². The van der Waals surface area contributed by atoms with Crippen molar-refractivity contribution < 1.29 is 13.7 Å². The summed E-state index contributed by atoms with van der Waals surface area (Å²) in [5, 5.41) is 10.9. The first kappa shape index (κ1) is 12.8. The minimum Gasteiger partial charge on any atom is -0.368 e. The summed E-state index contributed by atoms with van der Waals surface area (Å²) in [7, 11) is 0. The Balaban J connectivity index is 2.82. The molecule has 0 aliphatic carbocycles. The molecular weight excluding hydrogens is 258 g/mol. The van der Waals surface area contributed by atoms with Crippen LogP contribution in [0.15, 0.2) is 18.3 Å². The summed E-state index contributed by atoms with van der Waals surface area (Å²) in [5.41, 5.74) is 3.78. The molecule has 0 bridgehead atoms. The van der Waals surface area contributed by atoms with E-state index >= 15 is 0 Å². The Hall–Kier alpha value is -2.64. The fraction of sp³-hybridized carbons (Fsp3) is 0.0909. The molecule has 2 rings (SSSR count). The number of aryl methyl sites for hydroxylation is 1. The van der Waals surface area contributed by atoms with Gasteiger partial charge in [0, 0.05) is 0 Å². The predicted octanol–water partition coefficient (Wildman–Crippen LogP) is 2.22. The Bertz CT molecular complexity index is 676. The van der Waals surface area contributed by atoms with Gasteiger partial charge in [-0.15, -0.1) is 0 Å². The summed E-state index contributed by atoms with van der Waals surface area (Å²) in [6.45, 7) is 1.41. The number of nitrogen functional groups attached to an aromatic ring is 1. The van der Waals surface area contributed by atoms with Crippen molar-refractivity contribution in [3.63, 3.8) is 0 Å². The van der Waals surface area contributed by atoms with Crippen molar-refractivity contribution in [3.05, 3.63) is 45.6 Å². The summed E-state index contributed by atoms with van der Waals surface area (Å²) >= 11 is 0. The molecule has 6 nitrogen and oxygen atoms in total. The Labute approximate surface area is 106 Å². The van der Waals surface area contributed by atoms with Crippen molar-refractivity contribution in [1.82, 2.24) is 9.97 Å². The van der Waals surface area contributed by atoms with E-state index in [-0.39, 0.29) is 11.5 Å². The van der Waals surface area contributed by atoms with Crippen LogP contribution in [0, 0.1) is 28.7 Å². The van der Waals surface area contributed by atoms with Crippen LogP contribution in [0.2, 0.25) is 0 Å². The summed E-state index contributed by atoms with van der Waals surface area (Å²) < 4.78 is 27.7. The maximum Gasteiger partial charge on any atom is 0.314 e. The van der Waals surface area contributed by atoms with E-state index in [1.165, 1.54) is 13.0 Å². The van der Waals surface area contributed by atoms with Crippen LogP contribution in [-0.4, -0.2) is 14.9 Å². The molecule has 0 saturated heterocycles. The van der Waals surface area contributed by atoms with Crippen molar-refractivity contribution in [2.24, 2.45) is 0 Å². The summed E-state index contributed by atoms with van der Waals surface area (Å²) in [5.74, 6) is -2.17. The van der Waals surface area contributed by atoms with Gasteiger partial charge in [-0.2, -0.15) is 0 Å². The zero-order valence-corrected chi connectivity index (χ0v) is 9.72. The first-order valence-corrected chi connectivity index (χ1v) is 5.13. The molecule has 19 heavy (non-hydrogen) atoms. The molecule has 2 aromatic rings. The Morgan fingerprint density at radius 2 is 2.05 bits per heavy atom. The Morgan fingerprint density at radius 3 is 2.68 bits per heavy atom. The molecule has 0 radical (unpaired) electrons. The molecule has 8 heteroatoms. The van der Waals surface area contributed by atoms with E-state index in [1.807, 2.05) is 0 Å². The molecule has 0 unspecified atom stereocenters.